The lowest BCUT2D eigenvalue weighted by molar-refractivity contribution is 0.589. The van der Waals surface area contributed by atoms with Crippen LogP contribution in [0.3, 0.4) is 0 Å². The molecule has 0 bridgehead atoms. The van der Waals surface area contributed by atoms with Gasteiger partial charge in [0, 0.05) is 17.1 Å². The van der Waals surface area contributed by atoms with Crippen LogP contribution in [0.15, 0.2) is 22.7 Å². The van der Waals surface area contributed by atoms with Crippen LogP contribution in [0.5, 0.6) is 0 Å². The quantitative estimate of drug-likeness (QED) is 0.878. The van der Waals surface area contributed by atoms with Gasteiger partial charge in [0.2, 0.25) is 0 Å². The van der Waals surface area contributed by atoms with Crippen molar-refractivity contribution in [1.29, 1.82) is 0 Å². The number of rotatable bonds is 3. The Balaban J connectivity index is 2.63. The third-order valence-electron chi connectivity index (χ3n) is 1.70. The van der Waals surface area contributed by atoms with Crippen LogP contribution in [0, 0.1) is 0 Å². The van der Waals surface area contributed by atoms with Crippen LogP contribution < -0.4 is 5.32 Å². The van der Waals surface area contributed by atoms with E-state index < -0.39 is 0 Å². The molecular weight excluding hydrogens is 249 g/mol. The fourth-order valence-electron chi connectivity index (χ4n) is 0.972. The molecule has 1 N–H and O–H groups in total. The van der Waals surface area contributed by atoms with Gasteiger partial charge >= 0.3 is 0 Å². The van der Waals surface area contributed by atoms with Gasteiger partial charge in [-0.2, -0.15) is 0 Å². The van der Waals surface area contributed by atoms with Crippen molar-refractivity contribution in [3.8, 4) is 0 Å². The van der Waals surface area contributed by atoms with Crippen molar-refractivity contribution < 1.29 is 0 Å². The molecule has 0 fully saturated rings. The Kier molecular flexibility index (Phi) is 4.23. The predicted molar refractivity (Wildman–Crippen MR) is 61.1 cm³/mol. The van der Waals surface area contributed by atoms with Gasteiger partial charge < -0.3 is 5.32 Å². The Labute approximate surface area is 92.6 Å². The van der Waals surface area contributed by atoms with Crippen LogP contribution >= 0.6 is 27.5 Å². The first-order chi connectivity index (χ1) is 6.09. The Morgan fingerprint density at radius 2 is 2.15 bits per heavy atom. The van der Waals surface area contributed by atoms with Crippen LogP contribution in [-0.2, 0) is 6.54 Å². The third kappa shape index (κ3) is 3.67. The van der Waals surface area contributed by atoms with Gasteiger partial charge in [-0.1, -0.05) is 31.5 Å². The topological polar surface area (TPSA) is 12.0 Å². The molecule has 0 saturated carbocycles. The highest BCUT2D eigenvalue weighted by molar-refractivity contribution is 9.10. The van der Waals surface area contributed by atoms with E-state index in [1.165, 1.54) is 5.56 Å². The highest BCUT2D eigenvalue weighted by atomic mass is 79.9. The van der Waals surface area contributed by atoms with Crippen molar-refractivity contribution >= 4 is 27.5 Å². The molecule has 0 amide bonds. The monoisotopic (exact) mass is 261 g/mol. The minimum absolute atomic E-state index is 0.509. The Morgan fingerprint density at radius 3 is 2.69 bits per heavy atom. The van der Waals surface area contributed by atoms with E-state index in [2.05, 4.69) is 35.1 Å². The van der Waals surface area contributed by atoms with E-state index in [4.69, 9.17) is 11.6 Å². The Morgan fingerprint density at radius 1 is 1.46 bits per heavy atom. The number of halogens is 2. The normalized spacial score (nSPS) is 10.8. The molecule has 0 aliphatic carbocycles. The largest absolute Gasteiger partial charge is 0.310 e. The zero-order valence-corrected chi connectivity index (χ0v) is 10.1. The van der Waals surface area contributed by atoms with Crippen LogP contribution in [-0.4, -0.2) is 6.04 Å². The molecule has 1 rings (SSSR count). The Bertz CT molecular complexity index is 286. The van der Waals surface area contributed by atoms with Crippen molar-refractivity contribution in [3.05, 3.63) is 33.3 Å². The SMILES string of the molecule is CC(C)NCc1ccc(Cl)c(Br)c1. The van der Waals surface area contributed by atoms with Crippen LogP contribution in [0.1, 0.15) is 19.4 Å². The van der Waals surface area contributed by atoms with Crippen molar-refractivity contribution in [1.82, 2.24) is 5.32 Å². The summed E-state index contributed by atoms with van der Waals surface area (Å²) in [5, 5.41) is 4.10. The molecule has 1 aromatic carbocycles. The van der Waals surface area contributed by atoms with Gasteiger partial charge in [0.25, 0.3) is 0 Å². The first-order valence-corrected chi connectivity index (χ1v) is 5.44. The van der Waals surface area contributed by atoms with E-state index in [0.717, 1.165) is 16.0 Å². The van der Waals surface area contributed by atoms with Crippen molar-refractivity contribution in [2.45, 2.75) is 26.4 Å². The van der Waals surface area contributed by atoms with Gasteiger partial charge in [-0.25, -0.2) is 0 Å². The maximum atomic E-state index is 5.88. The second-order valence-electron chi connectivity index (χ2n) is 3.28. The summed E-state index contributed by atoms with van der Waals surface area (Å²) >= 11 is 9.27. The molecule has 0 heterocycles. The number of nitrogens with one attached hydrogen (secondary N) is 1. The van der Waals surface area contributed by atoms with Gasteiger partial charge in [0.1, 0.15) is 0 Å². The molecular formula is C10H13BrClN. The minimum atomic E-state index is 0.509. The molecule has 1 aromatic rings. The van der Waals surface area contributed by atoms with E-state index >= 15 is 0 Å². The summed E-state index contributed by atoms with van der Waals surface area (Å²) in [5.41, 5.74) is 1.24. The second kappa shape index (κ2) is 4.99. The molecule has 0 aliphatic heterocycles. The standard InChI is InChI=1S/C10H13BrClN/c1-7(2)13-6-8-3-4-10(12)9(11)5-8/h3-5,7,13H,6H2,1-2H3. The van der Waals surface area contributed by atoms with Crippen LogP contribution in [0.4, 0.5) is 0 Å². The van der Waals surface area contributed by atoms with Crippen molar-refractivity contribution in [2.75, 3.05) is 0 Å². The number of hydrogen-bond donors (Lipinski definition) is 1. The zero-order valence-electron chi connectivity index (χ0n) is 7.77. The summed E-state index contributed by atoms with van der Waals surface area (Å²) in [6.07, 6.45) is 0. The summed E-state index contributed by atoms with van der Waals surface area (Å²) in [6, 6.07) is 6.48. The molecule has 0 radical (unpaired) electrons. The fourth-order valence-corrected chi connectivity index (χ4v) is 1.52. The molecule has 0 unspecified atom stereocenters. The Hall–Kier alpha value is -0.0500. The van der Waals surface area contributed by atoms with E-state index in [1.54, 1.807) is 0 Å². The molecule has 3 heteroatoms. The van der Waals surface area contributed by atoms with Gasteiger partial charge in [0.15, 0.2) is 0 Å². The van der Waals surface area contributed by atoms with Crippen LogP contribution in [0.25, 0.3) is 0 Å². The third-order valence-corrected chi connectivity index (χ3v) is 2.91. The fraction of sp³-hybridized carbons (Fsp3) is 0.400. The van der Waals surface area contributed by atoms with Crippen LogP contribution in [0.2, 0.25) is 5.02 Å². The average Bonchev–Trinajstić information content (AvgIpc) is 2.07. The molecule has 0 saturated heterocycles. The van der Waals surface area contributed by atoms with Gasteiger partial charge in [-0.15, -0.1) is 0 Å². The minimum Gasteiger partial charge on any atom is -0.310 e. The summed E-state index contributed by atoms with van der Waals surface area (Å²) in [4.78, 5) is 0. The zero-order chi connectivity index (χ0) is 9.84. The summed E-state index contributed by atoms with van der Waals surface area (Å²) in [5.74, 6) is 0. The summed E-state index contributed by atoms with van der Waals surface area (Å²) in [7, 11) is 0. The molecule has 0 aliphatic rings. The lowest BCUT2D eigenvalue weighted by Crippen LogP contribution is -2.21. The molecule has 72 valence electrons. The molecule has 1 nitrogen and oxygen atoms in total. The highest BCUT2D eigenvalue weighted by Gasteiger charge is 1.99. The first kappa shape index (κ1) is 11.0. The average molecular weight is 263 g/mol. The van der Waals surface area contributed by atoms with Crippen molar-refractivity contribution in [2.24, 2.45) is 0 Å². The van der Waals surface area contributed by atoms with Gasteiger partial charge in [-0.05, 0) is 33.6 Å². The number of hydrogen-bond acceptors (Lipinski definition) is 1. The smallest absolute Gasteiger partial charge is 0.0548 e. The second-order valence-corrected chi connectivity index (χ2v) is 4.55. The molecule has 0 spiro atoms. The van der Waals surface area contributed by atoms with Gasteiger partial charge in [-0.3, -0.25) is 0 Å². The molecule has 13 heavy (non-hydrogen) atoms. The molecule has 0 atom stereocenters. The summed E-state index contributed by atoms with van der Waals surface area (Å²) in [6.45, 7) is 5.14. The lowest BCUT2D eigenvalue weighted by atomic mass is 10.2. The van der Waals surface area contributed by atoms with E-state index in [-0.39, 0.29) is 0 Å². The molecule has 0 aromatic heterocycles. The summed E-state index contributed by atoms with van der Waals surface area (Å²) < 4.78 is 0.956. The first-order valence-electron chi connectivity index (χ1n) is 4.27. The highest BCUT2D eigenvalue weighted by Crippen LogP contribution is 2.23. The van der Waals surface area contributed by atoms with E-state index in [1.807, 2.05) is 18.2 Å². The number of benzene rings is 1. The van der Waals surface area contributed by atoms with Gasteiger partial charge in [0.05, 0.1) is 5.02 Å². The van der Waals surface area contributed by atoms with Crippen molar-refractivity contribution in [3.63, 3.8) is 0 Å². The maximum absolute atomic E-state index is 5.88. The lowest BCUT2D eigenvalue weighted by Gasteiger charge is -2.08. The predicted octanol–water partition coefficient (Wildman–Crippen LogP) is 3.60. The van der Waals surface area contributed by atoms with E-state index in [0.29, 0.717) is 6.04 Å². The van der Waals surface area contributed by atoms with E-state index in [9.17, 15) is 0 Å². The maximum Gasteiger partial charge on any atom is 0.0548 e.